The zero-order valence-electron chi connectivity index (χ0n) is 16.0. The number of aryl methyl sites for hydroxylation is 1. The summed E-state index contributed by atoms with van der Waals surface area (Å²) >= 11 is 0. The summed E-state index contributed by atoms with van der Waals surface area (Å²) < 4.78 is 5.30. The Balaban J connectivity index is 1.54. The zero-order chi connectivity index (χ0) is 19.2. The third-order valence-electron chi connectivity index (χ3n) is 4.55. The van der Waals surface area contributed by atoms with E-state index in [1.54, 1.807) is 0 Å². The van der Waals surface area contributed by atoms with Crippen molar-refractivity contribution in [2.75, 3.05) is 0 Å². The topological polar surface area (TPSA) is 68.0 Å². The average molecular weight is 363 g/mol. The fourth-order valence-corrected chi connectivity index (χ4v) is 2.85. The number of amides is 1. The van der Waals surface area contributed by atoms with E-state index in [9.17, 15) is 4.79 Å². The van der Waals surface area contributed by atoms with Crippen molar-refractivity contribution in [2.24, 2.45) is 0 Å². The molecule has 5 nitrogen and oxygen atoms in total. The molecule has 27 heavy (non-hydrogen) atoms. The van der Waals surface area contributed by atoms with E-state index >= 15 is 0 Å². The van der Waals surface area contributed by atoms with Gasteiger partial charge >= 0.3 is 0 Å². The van der Waals surface area contributed by atoms with Gasteiger partial charge in [0.05, 0.1) is 6.04 Å². The molecule has 0 aliphatic carbocycles. The van der Waals surface area contributed by atoms with E-state index < -0.39 is 0 Å². The Morgan fingerprint density at radius 3 is 2.37 bits per heavy atom. The zero-order valence-corrected chi connectivity index (χ0v) is 16.0. The van der Waals surface area contributed by atoms with Crippen LogP contribution in [0.2, 0.25) is 0 Å². The summed E-state index contributed by atoms with van der Waals surface area (Å²) in [4.78, 5) is 16.6. The van der Waals surface area contributed by atoms with Crippen molar-refractivity contribution in [1.82, 2.24) is 15.5 Å². The smallest absolute Gasteiger partial charge is 0.227 e. The molecular formula is C22H25N3O2. The number of aromatic nitrogens is 2. The predicted octanol–water partition coefficient (Wildman–Crippen LogP) is 4.67. The van der Waals surface area contributed by atoms with Crippen LogP contribution < -0.4 is 5.32 Å². The number of carbonyl (C=O) groups is 1. The molecule has 0 unspecified atom stereocenters. The highest BCUT2D eigenvalue weighted by Gasteiger charge is 2.13. The van der Waals surface area contributed by atoms with Crippen molar-refractivity contribution in [1.29, 1.82) is 0 Å². The Kier molecular flexibility index (Phi) is 6.01. The average Bonchev–Trinajstić information content (AvgIpc) is 3.16. The molecule has 2 aromatic carbocycles. The number of hydrogen-bond acceptors (Lipinski definition) is 4. The quantitative estimate of drug-likeness (QED) is 0.662. The van der Waals surface area contributed by atoms with E-state index in [0.717, 1.165) is 11.1 Å². The summed E-state index contributed by atoms with van der Waals surface area (Å²) in [7, 11) is 0. The molecule has 3 rings (SSSR count). The van der Waals surface area contributed by atoms with Gasteiger partial charge in [-0.3, -0.25) is 4.79 Å². The summed E-state index contributed by atoms with van der Waals surface area (Å²) in [6.07, 6.45) is 0.732. The molecule has 0 spiro atoms. The van der Waals surface area contributed by atoms with E-state index in [1.165, 1.54) is 5.56 Å². The summed E-state index contributed by atoms with van der Waals surface area (Å²) in [5.41, 5.74) is 3.26. The minimum atomic E-state index is -0.0348. The van der Waals surface area contributed by atoms with Crippen molar-refractivity contribution in [2.45, 2.75) is 45.6 Å². The number of nitrogens with one attached hydrogen (secondary N) is 1. The first-order valence-corrected chi connectivity index (χ1v) is 9.30. The molecule has 0 saturated carbocycles. The third kappa shape index (κ3) is 5.03. The molecule has 5 heteroatoms. The Labute approximate surface area is 159 Å². The minimum absolute atomic E-state index is 0.0311. The first-order chi connectivity index (χ1) is 13.0. The lowest BCUT2D eigenvalue weighted by atomic mass is 10.0. The molecule has 0 aliphatic heterocycles. The van der Waals surface area contributed by atoms with E-state index in [-0.39, 0.29) is 11.9 Å². The van der Waals surface area contributed by atoms with Gasteiger partial charge in [0.1, 0.15) is 0 Å². The van der Waals surface area contributed by atoms with Gasteiger partial charge in [0, 0.05) is 18.4 Å². The molecule has 1 amide bonds. The van der Waals surface area contributed by atoms with Gasteiger partial charge in [0.15, 0.2) is 0 Å². The minimum Gasteiger partial charge on any atom is -0.350 e. The van der Waals surface area contributed by atoms with Gasteiger partial charge in [-0.1, -0.05) is 73.6 Å². The first-order valence-electron chi connectivity index (χ1n) is 9.30. The van der Waals surface area contributed by atoms with Crippen LogP contribution in [0, 0.1) is 0 Å². The molecule has 0 radical (unpaired) electrons. The van der Waals surface area contributed by atoms with Crippen molar-refractivity contribution in [3.63, 3.8) is 0 Å². The monoisotopic (exact) mass is 363 g/mol. The van der Waals surface area contributed by atoms with Gasteiger partial charge in [0.2, 0.25) is 17.6 Å². The second-order valence-corrected chi connectivity index (χ2v) is 6.99. The standard InChI is InChI=1S/C22H25N3O2/c1-15(2)17-9-11-19(12-10-17)22-24-21(27-25-22)14-13-20(26)23-16(3)18-7-5-4-6-8-18/h4-12,15-16H,13-14H2,1-3H3,(H,23,26)/t16-/m1/s1. The number of nitrogens with zero attached hydrogens (tertiary/aromatic N) is 2. The van der Waals surface area contributed by atoms with Crippen molar-refractivity contribution < 1.29 is 9.32 Å². The van der Waals surface area contributed by atoms with E-state index in [2.05, 4.69) is 41.4 Å². The number of hydrogen-bond donors (Lipinski definition) is 1. The van der Waals surface area contributed by atoms with Crippen LogP contribution in [0.1, 0.15) is 56.2 Å². The molecule has 3 aromatic rings. The first kappa shape index (κ1) is 18.8. The summed E-state index contributed by atoms with van der Waals surface area (Å²) in [6.45, 7) is 6.29. The predicted molar refractivity (Wildman–Crippen MR) is 105 cm³/mol. The molecule has 0 aliphatic rings. The lowest BCUT2D eigenvalue weighted by Gasteiger charge is -2.13. The summed E-state index contributed by atoms with van der Waals surface area (Å²) in [5, 5.41) is 7.02. The van der Waals surface area contributed by atoms with Crippen LogP contribution in [0.3, 0.4) is 0 Å². The number of rotatable bonds is 7. The molecule has 0 fully saturated rings. The van der Waals surface area contributed by atoms with Gasteiger partial charge in [-0.15, -0.1) is 0 Å². The SMILES string of the molecule is CC(C)c1ccc(-c2noc(CCC(=O)N[C@H](C)c3ccccc3)n2)cc1. The molecule has 1 heterocycles. The molecule has 1 N–H and O–H groups in total. The normalized spacial score (nSPS) is 12.1. The van der Waals surface area contributed by atoms with Crippen molar-refractivity contribution in [3.05, 3.63) is 71.6 Å². The number of carbonyl (C=O) groups excluding carboxylic acids is 1. The lowest BCUT2D eigenvalue weighted by molar-refractivity contribution is -0.121. The maximum atomic E-state index is 12.2. The Hall–Kier alpha value is -2.95. The fraction of sp³-hybridized carbons (Fsp3) is 0.318. The van der Waals surface area contributed by atoms with Crippen LogP contribution >= 0.6 is 0 Å². The summed E-state index contributed by atoms with van der Waals surface area (Å²) in [5.74, 6) is 1.47. The summed E-state index contributed by atoms with van der Waals surface area (Å²) in [6, 6.07) is 18.0. The van der Waals surface area contributed by atoms with Gasteiger partial charge in [-0.05, 0) is 24.0 Å². The Bertz CT molecular complexity index is 870. The molecule has 0 saturated heterocycles. The van der Waals surface area contributed by atoms with Gasteiger partial charge in [-0.25, -0.2) is 0 Å². The highest BCUT2D eigenvalue weighted by molar-refractivity contribution is 5.76. The van der Waals surface area contributed by atoms with Crippen molar-refractivity contribution >= 4 is 5.91 Å². The lowest BCUT2D eigenvalue weighted by Crippen LogP contribution is -2.26. The third-order valence-corrected chi connectivity index (χ3v) is 4.55. The molecule has 1 aromatic heterocycles. The van der Waals surface area contributed by atoms with E-state index in [1.807, 2.05) is 49.4 Å². The largest absolute Gasteiger partial charge is 0.350 e. The molecular weight excluding hydrogens is 338 g/mol. The molecule has 140 valence electrons. The highest BCUT2D eigenvalue weighted by atomic mass is 16.5. The number of benzene rings is 2. The van der Waals surface area contributed by atoms with Crippen LogP contribution in [0.15, 0.2) is 59.1 Å². The van der Waals surface area contributed by atoms with Crippen LogP contribution in [-0.4, -0.2) is 16.0 Å². The van der Waals surface area contributed by atoms with Gasteiger partial charge < -0.3 is 9.84 Å². The van der Waals surface area contributed by atoms with Crippen LogP contribution in [0.25, 0.3) is 11.4 Å². The highest BCUT2D eigenvalue weighted by Crippen LogP contribution is 2.21. The second kappa shape index (κ2) is 8.62. The Morgan fingerprint density at radius 1 is 1.00 bits per heavy atom. The van der Waals surface area contributed by atoms with E-state index in [4.69, 9.17) is 4.52 Å². The van der Waals surface area contributed by atoms with E-state index in [0.29, 0.717) is 30.5 Å². The Morgan fingerprint density at radius 2 is 1.70 bits per heavy atom. The maximum absolute atomic E-state index is 12.2. The van der Waals surface area contributed by atoms with Crippen molar-refractivity contribution in [3.8, 4) is 11.4 Å². The molecule has 0 bridgehead atoms. The van der Waals surface area contributed by atoms with Gasteiger partial charge in [0.25, 0.3) is 0 Å². The van der Waals surface area contributed by atoms with Gasteiger partial charge in [-0.2, -0.15) is 4.98 Å². The molecule has 1 atom stereocenters. The van der Waals surface area contributed by atoms with Crippen LogP contribution in [-0.2, 0) is 11.2 Å². The fourth-order valence-electron chi connectivity index (χ4n) is 2.85. The maximum Gasteiger partial charge on any atom is 0.227 e. The van der Waals surface area contributed by atoms with Crippen LogP contribution in [0.5, 0.6) is 0 Å². The second-order valence-electron chi connectivity index (χ2n) is 6.99. The van der Waals surface area contributed by atoms with Crippen LogP contribution in [0.4, 0.5) is 0 Å².